The van der Waals surface area contributed by atoms with Crippen LogP contribution in [0.3, 0.4) is 0 Å². The molecule has 0 amide bonds. The Bertz CT molecular complexity index is 1670. The zero-order valence-corrected chi connectivity index (χ0v) is 19.3. The maximum absolute atomic E-state index is 13.6. The molecule has 6 rings (SSSR count). The average Bonchev–Trinajstić information content (AvgIpc) is 3.48. The molecule has 4 heterocycles. The van der Waals surface area contributed by atoms with Gasteiger partial charge in [0.2, 0.25) is 0 Å². The first-order valence-electron chi connectivity index (χ1n) is 10.8. The van der Waals surface area contributed by atoms with Crippen LogP contribution in [0.1, 0.15) is 22.2 Å². The molecular weight excluding hydrogens is 432 g/mol. The second kappa shape index (κ2) is 7.08. The van der Waals surface area contributed by atoms with Crippen molar-refractivity contribution in [2.75, 3.05) is 5.32 Å². The number of aryl methyl sites for hydroxylation is 2. The van der Waals surface area contributed by atoms with Crippen LogP contribution in [0.25, 0.3) is 27.8 Å². The molecule has 0 bridgehead atoms. The highest BCUT2D eigenvalue weighted by molar-refractivity contribution is 7.10. The van der Waals surface area contributed by atoms with Crippen LogP contribution in [0, 0.1) is 6.92 Å². The number of aromatic nitrogens is 3. The van der Waals surface area contributed by atoms with Gasteiger partial charge in [0.25, 0.3) is 5.56 Å². The molecule has 1 N–H and O–H groups in total. The van der Waals surface area contributed by atoms with E-state index in [4.69, 9.17) is 0 Å². The Morgan fingerprint density at radius 3 is 2.42 bits per heavy atom. The fourth-order valence-electron chi connectivity index (χ4n) is 4.98. The van der Waals surface area contributed by atoms with Gasteiger partial charge in [-0.15, -0.1) is 11.3 Å². The number of thiophene rings is 1. The first-order chi connectivity index (χ1) is 16.0. The van der Waals surface area contributed by atoms with E-state index in [1.54, 1.807) is 30.0 Å². The van der Waals surface area contributed by atoms with E-state index in [2.05, 4.69) is 41.1 Å². The maximum Gasteiger partial charge on any atom is 0.331 e. The number of anilines is 1. The summed E-state index contributed by atoms with van der Waals surface area (Å²) in [6.07, 6.45) is 0. The van der Waals surface area contributed by atoms with Crippen molar-refractivity contribution in [1.82, 2.24) is 13.7 Å². The minimum atomic E-state index is -0.332. The molecule has 7 heteroatoms. The molecule has 0 fully saturated rings. The second-order valence-electron chi connectivity index (χ2n) is 8.42. The van der Waals surface area contributed by atoms with E-state index in [0.29, 0.717) is 10.9 Å². The van der Waals surface area contributed by atoms with Crippen molar-refractivity contribution in [2.45, 2.75) is 13.0 Å². The fraction of sp³-hybridized carbons (Fsp3) is 0.154. The van der Waals surface area contributed by atoms with Crippen molar-refractivity contribution in [1.29, 1.82) is 0 Å². The Morgan fingerprint density at radius 2 is 1.67 bits per heavy atom. The molecule has 0 spiro atoms. The molecule has 0 radical (unpaired) electrons. The van der Waals surface area contributed by atoms with Gasteiger partial charge in [-0.25, -0.2) is 4.79 Å². The molecule has 0 saturated carbocycles. The van der Waals surface area contributed by atoms with Crippen LogP contribution in [-0.2, 0) is 14.1 Å². The summed E-state index contributed by atoms with van der Waals surface area (Å²) in [5.74, 6) is 0. The summed E-state index contributed by atoms with van der Waals surface area (Å²) < 4.78 is 5.00. The summed E-state index contributed by atoms with van der Waals surface area (Å²) in [4.78, 5) is 27.8. The standard InChI is InChI=1S/C26H22N4O2S/c1-15-9-4-5-10-16(15)22-20-23(28(2)26(32)29(3)25(20)31)24-21(19-13-8-14-33-19)27-17-11-6-7-12-18(17)30(22)24/h4-14,21,27H,1-3H3/t21-/m0/s1. The molecule has 1 aliphatic rings. The third-order valence-electron chi connectivity index (χ3n) is 6.55. The first-order valence-corrected chi connectivity index (χ1v) is 11.7. The van der Waals surface area contributed by atoms with Gasteiger partial charge < -0.3 is 9.88 Å². The van der Waals surface area contributed by atoms with Gasteiger partial charge in [-0.05, 0) is 36.1 Å². The van der Waals surface area contributed by atoms with Gasteiger partial charge >= 0.3 is 5.69 Å². The van der Waals surface area contributed by atoms with Crippen LogP contribution in [-0.4, -0.2) is 13.7 Å². The van der Waals surface area contributed by atoms with E-state index in [0.717, 1.165) is 38.8 Å². The highest BCUT2D eigenvalue weighted by Crippen LogP contribution is 2.46. The van der Waals surface area contributed by atoms with Gasteiger partial charge in [0, 0.05) is 24.5 Å². The molecule has 33 heavy (non-hydrogen) atoms. The van der Waals surface area contributed by atoms with E-state index < -0.39 is 0 Å². The summed E-state index contributed by atoms with van der Waals surface area (Å²) in [5.41, 5.74) is 5.78. The van der Waals surface area contributed by atoms with Crippen LogP contribution in [0.4, 0.5) is 5.69 Å². The van der Waals surface area contributed by atoms with Crippen LogP contribution < -0.4 is 16.6 Å². The predicted molar refractivity (Wildman–Crippen MR) is 134 cm³/mol. The van der Waals surface area contributed by atoms with Crippen LogP contribution in [0.2, 0.25) is 0 Å². The Kier molecular flexibility index (Phi) is 4.25. The quantitative estimate of drug-likeness (QED) is 0.425. The number of hydrogen-bond acceptors (Lipinski definition) is 4. The lowest BCUT2D eigenvalue weighted by Crippen LogP contribution is -2.37. The normalized spacial score (nSPS) is 14.7. The molecular formula is C26H22N4O2S. The van der Waals surface area contributed by atoms with E-state index in [-0.39, 0.29) is 17.3 Å². The number of rotatable bonds is 2. The summed E-state index contributed by atoms with van der Waals surface area (Å²) in [6.45, 7) is 2.05. The number of hydrogen-bond donors (Lipinski definition) is 1. The Labute approximate surface area is 194 Å². The molecule has 164 valence electrons. The summed E-state index contributed by atoms with van der Waals surface area (Å²) in [5, 5.41) is 6.28. The summed E-state index contributed by atoms with van der Waals surface area (Å²) in [6, 6.07) is 20.1. The average molecular weight is 455 g/mol. The molecule has 3 aromatic heterocycles. The number of nitrogens with zero attached hydrogens (tertiary/aromatic N) is 3. The van der Waals surface area contributed by atoms with E-state index >= 15 is 0 Å². The predicted octanol–water partition coefficient (Wildman–Crippen LogP) is 4.58. The van der Waals surface area contributed by atoms with Crippen LogP contribution >= 0.6 is 11.3 Å². The van der Waals surface area contributed by atoms with Crippen molar-refractivity contribution in [3.8, 4) is 16.9 Å². The molecule has 5 aromatic rings. The smallest absolute Gasteiger partial charge is 0.331 e. The van der Waals surface area contributed by atoms with Crippen molar-refractivity contribution in [3.05, 3.63) is 103 Å². The van der Waals surface area contributed by atoms with Gasteiger partial charge in [0.1, 0.15) is 6.04 Å². The van der Waals surface area contributed by atoms with E-state index in [1.807, 2.05) is 41.8 Å². The van der Waals surface area contributed by atoms with Gasteiger partial charge in [0.05, 0.1) is 33.7 Å². The lowest BCUT2D eigenvalue weighted by molar-refractivity contribution is 0.709. The zero-order chi connectivity index (χ0) is 22.9. The topological polar surface area (TPSA) is 61.0 Å². The first kappa shape index (κ1) is 19.8. The number of benzene rings is 2. The van der Waals surface area contributed by atoms with Gasteiger partial charge in [-0.2, -0.15) is 0 Å². The lowest BCUT2D eigenvalue weighted by atomic mass is 10.0. The van der Waals surface area contributed by atoms with Crippen molar-refractivity contribution in [2.24, 2.45) is 14.1 Å². The van der Waals surface area contributed by atoms with Crippen molar-refractivity contribution < 1.29 is 0 Å². The monoisotopic (exact) mass is 454 g/mol. The molecule has 0 unspecified atom stereocenters. The third-order valence-corrected chi connectivity index (χ3v) is 7.49. The van der Waals surface area contributed by atoms with Gasteiger partial charge in [-0.3, -0.25) is 13.9 Å². The largest absolute Gasteiger partial charge is 0.370 e. The molecule has 1 atom stereocenters. The zero-order valence-electron chi connectivity index (χ0n) is 18.5. The highest BCUT2D eigenvalue weighted by atomic mass is 32.1. The molecule has 0 aliphatic carbocycles. The summed E-state index contributed by atoms with van der Waals surface area (Å²) in [7, 11) is 3.30. The number of para-hydroxylation sites is 2. The Balaban J connectivity index is 1.91. The fourth-order valence-corrected chi connectivity index (χ4v) is 5.76. The van der Waals surface area contributed by atoms with E-state index in [9.17, 15) is 9.59 Å². The van der Waals surface area contributed by atoms with Crippen molar-refractivity contribution >= 4 is 27.9 Å². The molecule has 0 saturated heterocycles. The summed E-state index contributed by atoms with van der Waals surface area (Å²) >= 11 is 1.66. The van der Waals surface area contributed by atoms with E-state index in [1.165, 1.54) is 4.57 Å². The maximum atomic E-state index is 13.6. The van der Waals surface area contributed by atoms with Gasteiger partial charge in [0.15, 0.2) is 0 Å². The second-order valence-corrected chi connectivity index (χ2v) is 9.40. The number of nitrogens with one attached hydrogen (secondary N) is 1. The Morgan fingerprint density at radius 1 is 0.909 bits per heavy atom. The van der Waals surface area contributed by atoms with Crippen molar-refractivity contribution in [3.63, 3.8) is 0 Å². The minimum Gasteiger partial charge on any atom is -0.370 e. The molecule has 1 aliphatic heterocycles. The van der Waals surface area contributed by atoms with Gasteiger partial charge in [-0.1, -0.05) is 42.5 Å². The SMILES string of the molecule is Cc1ccccc1-c1c2c(=O)n(C)c(=O)n(C)c2c2n1-c1ccccc1N[C@H]2c1cccs1. The minimum absolute atomic E-state index is 0.196. The Hall–Kier alpha value is -3.84. The van der Waals surface area contributed by atoms with Crippen LogP contribution in [0.5, 0.6) is 0 Å². The van der Waals surface area contributed by atoms with Crippen LogP contribution in [0.15, 0.2) is 75.6 Å². The molecule has 2 aromatic carbocycles. The molecule has 6 nitrogen and oxygen atoms in total. The highest BCUT2D eigenvalue weighted by Gasteiger charge is 2.35. The third kappa shape index (κ3) is 2.66. The number of fused-ring (bicyclic) bond motifs is 5. The lowest BCUT2D eigenvalue weighted by Gasteiger charge is -2.30.